The van der Waals surface area contributed by atoms with Crippen LogP contribution in [0.4, 0.5) is 10.1 Å². The summed E-state index contributed by atoms with van der Waals surface area (Å²) < 4.78 is 23.2. The lowest BCUT2D eigenvalue weighted by atomic mass is 10.1. The number of hydrogen-bond acceptors (Lipinski definition) is 4. The van der Waals surface area contributed by atoms with Gasteiger partial charge in [-0.1, -0.05) is 18.2 Å². The summed E-state index contributed by atoms with van der Waals surface area (Å²) in [5.74, 6) is -0.766. The van der Waals surface area contributed by atoms with Crippen LogP contribution in [0.2, 0.25) is 0 Å². The number of carbonyl (C=O) groups is 2. The molecule has 0 radical (unpaired) electrons. The zero-order chi connectivity index (χ0) is 20.8. The van der Waals surface area contributed by atoms with E-state index in [-0.39, 0.29) is 0 Å². The first-order valence-electron chi connectivity index (χ1n) is 8.97. The first-order valence-corrected chi connectivity index (χ1v) is 8.97. The summed E-state index contributed by atoms with van der Waals surface area (Å²) >= 11 is 0. The summed E-state index contributed by atoms with van der Waals surface area (Å²) in [7, 11) is 1.62. The maximum Gasteiger partial charge on any atom is 0.331 e. The maximum atomic E-state index is 12.9. The van der Waals surface area contributed by atoms with E-state index < -0.39 is 23.8 Å². The Morgan fingerprint density at radius 1 is 1.00 bits per heavy atom. The van der Waals surface area contributed by atoms with E-state index in [4.69, 9.17) is 9.47 Å². The molecule has 0 aromatic heterocycles. The summed E-state index contributed by atoms with van der Waals surface area (Å²) in [5.41, 5.74) is 1.24. The first-order chi connectivity index (χ1) is 13.9. The molecule has 0 heterocycles. The van der Waals surface area contributed by atoms with Gasteiger partial charge in [-0.2, -0.15) is 0 Å². The van der Waals surface area contributed by atoms with Crippen LogP contribution in [0.3, 0.4) is 0 Å². The molecule has 1 atom stereocenters. The number of amides is 1. The number of carbonyl (C=O) groups excluding carboxylic acids is 2. The predicted octanol–water partition coefficient (Wildman–Crippen LogP) is 4.57. The Morgan fingerprint density at radius 2 is 1.69 bits per heavy atom. The number of halogens is 1. The largest absolute Gasteiger partial charge is 0.497 e. The van der Waals surface area contributed by atoms with E-state index >= 15 is 0 Å². The summed E-state index contributed by atoms with van der Waals surface area (Å²) in [6, 6.07) is 16.8. The third-order valence-corrected chi connectivity index (χ3v) is 4.26. The van der Waals surface area contributed by atoms with Gasteiger partial charge in [-0.3, -0.25) is 4.79 Å². The zero-order valence-corrected chi connectivity index (χ0v) is 16.0. The monoisotopic (exact) mass is 393 g/mol. The molecule has 29 heavy (non-hydrogen) atoms. The minimum atomic E-state index is -0.999. The number of esters is 1. The molecule has 0 saturated carbocycles. The lowest BCUT2D eigenvalue weighted by Gasteiger charge is -2.12. The first kappa shape index (κ1) is 20.1. The van der Waals surface area contributed by atoms with Crippen molar-refractivity contribution < 1.29 is 23.5 Å². The highest BCUT2D eigenvalue weighted by Gasteiger charge is 2.16. The Kier molecular flexibility index (Phi) is 6.24. The van der Waals surface area contributed by atoms with Crippen LogP contribution in [0, 0.1) is 5.82 Å². The normalized spacial score (nSPS) is 12.0. The van der Waals surface area contributed by atoms with Crippen molar-refractivity contribution >= 4 is 34.4 Å². The molecule has 148 valence electrons. The molecule has 0 aliphatic rings. The van der Waals surface area contributed by atoms with E-state index in [0.29, 0.717) is 5.69 Å². The van der Waals surface area contributed by atoms with Gasteiger partial charge in [0.25, 0.3) is 5.91 Å². The number of ether oxygens (including phenoxy) is 2. The van der Waals surface area contributed by atoms with Gasteiger partial charge in [-0.15, -0.1) is 0 Å². The second-order valence-corrected chi connectivity index (χ2v) is 6.38. The van der Waals surface area contributed by atoms with Crippen LogP contribution in [0.5, 0.6) is 5.75 Å². The summed E-state index contributed by atoms with van der Waals surface area (Å²) in [6.45, 7) is 1.47. The summed E-state index contributed by atoms with van der Waals surface area (Å²) in [6.07, 6.45) is 1.89. The Bertz CT molecular complexity index is 1060. The number of hydrogen-bond donors (Lipinski definition) is 1. The van der Waals surface area contributed by atoms with E-state index in [1.165, 1.54) is 37.3 Å². The molecule has 0 aliphatic heterocycles. The highest BCUT2D eigenvalue weighted by atomic mass is 19.1. The van der Waals surface area contributed by atoms with Gasteiger partial charge in [-0.05, 0) is 71.8 Å². The van der Waals surface area contributed by atoms with Crippen molar-refractivity contribution in [3.8, 4) is 5.75 Å². The van der Waals surface area contributed by atoms with E-state index in [0.717, 1.165) is 22.1 Å². The van der Waals surface area contributed by atoms with Gasteiger partial charge in [-0.25, -0.2) is 9.18 Å². The molecule has 3 aromatic rings. The fraction of sp³-hybridized carbons (Fsp3) is 0.130. The molecule has 5 nitrogen and oxygen atoms in total. The van der Waals surface area contributed by atoms with E-state index in [1.54, 1.807) is 13.2 Å². The van der Waals surface area contributed by atoms with Crippen molar-refractivity contribution in [1.82, 2.24) is 0 Å². The molecule has 0 fully saturated rings. The Morgan fingerprint density at radius 3 is 2.41 bits per heavy atom. The van der Waals surface area contributed by atoms with Crippen molar-refractivity contribution in [2.45, 2.75) is 13.0 Å². The van der Waals surface area contributed by atoms with Crippen molar-refractivity contribution in [1.29, 1.82) is 0 Å². The van der Waals surface area contributed by atoms with E-state index in [9.17, 15) is 14.0 Å². The molecule has 0 spiro atoms. The van der Waals surface area contributed by atoms with Gasteiger partial charge in [0.1, 0.15) is 11.6 Å². The number of anilines is 1. The van der Waals surface area contributed by atoms with Gasteiger partial charge in [0.15, 0.2) is 6.10 Å². The van der Waals surface area contributed by atoms with Crippen LogP contribution in [0.25, 0.3) is 16.8 Å². The summed E-state index contributed by atoms with van der Waals surface area (Å²) in [4.78, 5) is 24.1. The topological polar surface area (TPSA) is 64.6 Å². The van der Waals surface area contributed by atoms with Crippen LogP contribution >= 0.6 is 0 Å². The molecule has 0 saturated heterocycles. The van der Waals surface area contributed by atoms with Crippen molar-refractivity contribution in [3.05, 3.63) is 78.1 Å². The molecule has 0 aliphatic carbocycles. The number of nitrogens with one attached hydrogen (secondary N) is 1. The lowest BCUT2D eigenvalue weighted by molar-refractivity contribution is -0.148. The third kappa shape index (κ3) is 5.42. The third-order valence-electron chi connectivity index (χ3n) is 4.26. The Balaban J connectivity index is 1.59. The maximum absolute atomic E-state index is 12.9. The summed E-state index contributed by atoms with van der Waals surface area (Å²) in [5, 5.41) is 4.59. The standard InChI is InChI=1S/C23H20FNO4/c1-15(23(27)25-20-9-7-19(24)8-10-20)29-22(26)12-4-16-3-5-18-14-21(28-2)11-6-17(18)13-16/h3-15H,1-2H3,(H,25,27)/b12-4+/t15-/m0/s1. The van der Waals surface area contributed by atoms with E-state index in [2.05, 4.69) is 5.32 Å². The molecule has 0 unspecified atom stereocenters. The number of fused-ring (bicyclic) bond motifs is 1. The van der Waals surface area contributed by atoms with Crippen LogP contribution < -0.4 is 10.1 Å². The van der Waals surface area contributed by atoms with Crippen molar-refractivity contribution in [2.75, 3.05) is 12.4 Å². The van der Waals surface area contributed by atoms with Gasteiger partial charge < -0.3 is 14.8 Å². The highest BCUT2D eigenvalue weighted by molar-refractivity contribution is 5.96. The fourth-order valence-electron chi connectivity index (χ4n) is 2.68. The van der Waals surface area contributed by atoms with Crippen molar-refractivity contribution in [2.24, 2.45) is 0 Å². The number of benzene rings is 3. The number of rotatable bonds is 6. The molecular weight excluding hydrogens is 373 g/mol. The SMILES string of the molecule is COc1ccc2cc(/C=C/C(=O)O[C@@H](C)C(=O)Nc3ccc(F)cc3)ccc2c1. The molecule has 3 rings (SSSR count). The van der Waals surface area contributed by atoms with Gasteiger partial charge >= 0.3 is 5.97 Å². The van der Waals surface area contributed by atoms with Crippen LogP contribution in [-0.2, 0) is 14.3 Å². The van der Waals surface area contributed by atoms with Gasteiger partial charge in [0, 0.05) is 11.8 Å². The van der Waals surface area contributed by atoms with Gasteiger partial charge in [0.05, 0.1) is 7.11 Å². The molecule has 3 aromatic carbocycles. The Hall–Kier alpha value is -3.67. The minimum Gasteiger partial charge on any atom is -0.497 e. The van der Waals surface area contributed by atoms with Crippen LogP contribution in [0.1, 0.15) is 12.5 Å². The average Bonchev–Trinajstić information content (AvgIpc) is 2.73. The highest BCUT2D eigenvalue weighted by Crippen LogP contribution is 2.22. The minimum absolute atomic E-state index is 0.402. The van der Waals surface area contributed by atoms with Crippen molar-refractivity contribution in [3.63, 3.8) is 0 Å². The average molecular weight is 393 g/mol. The molecular formula is C23H20FNO4. The second-order valence-electron chi connectivity index (χ2n) is 6.38. The van der Waals surface area contributed by atoms with Gasteiger partial charge in [0.2, 0.25) is 0 Å². The molecule has 0 bridgehead atoms. The zero-order valence-electron chi connectivity index (χ0n) is 16.0. The van der Waals surface area contributed by atoms with E-state index in [1.807, 2.05) is 36.4 Å². The van der Waals surface area contributed by atoms with Crippen LogP contribution in [0.15, 0.2) is 66.7 Å². The fourth-order valence-corrected chi connectivity index (χ4v) is 2.68. The second kappa shape index (κ2) is 9.01. The Labute approximate surface area is 167 Å². The predicted molar refractivity (Wildman–Crippen MR) is 110 cm³/mol. The van der Waals surface area contributed by atoms with Crippen LogP contribution in [-0.4, -0.2) is 25.1 Å². The molecule has 1 amide bonds. The smallest absolute Gasteiger partial charge is 0.331 e. The quantitative estimate of drug-likeness (QED) is 0.492. The molecule has 1 N–H and O–H groups in total. The lowest BCUT2D eigenvalue weighted by Crippen LogP contribution is -2.29. The number of methoxy groups -OCH3 is 1. The molecule has 6 heteroatoms.